The summed E-state index contributed by atoms with van der Waals surface area (Å²) in [6.45, 7) is 3.33. The van der Waals surface area contributed by atoms with Gasteiger partial charge in [-0.3, -0.25) is 0 Å². The van der Waals surface area contributed by atoms with E-state index in [9.17, 15) is 0 Å². The van der Waals surface area contributed by atoms with Crippen LogP contribution < -0.4 is 10.1 Å². The van der Waals surface area contributed by atoms with Gasteiger partial charge >= 0.3 is 0 Å². The van der Waals surface area contributed by atoms with E-state index >= 15 is 0 Å². The zero-order valence-electron chi connectivity index (χ0n) is 10.6. The Kier molecular flexibility index (Phi) is 3.95. The molecule has 1 aliphatic rings. The van der Waals surface area contributed by atoms with E-state index in [4.69, 9.17) is 16.3 Å². The van der Waals surface area contributed by atoms with Crippen molar-refractivity contribution in [2.45, 2.75) is 38.1 Å². The maximum atomic E-state index is 6.08. The third-order valence-corrected chi connectivity index (χ3v) is 3.94. The van der Waals surface area contributed by atoms with Crippen LogP contribution in [0.2, 0.25) is 5.02 Å². The van der Waals surface area contributed by atoms with E-state index in [0.717, 1.165) is 18.7 Å². The highest BCUT2D eigenvalue weighted by Gasteiger charge is 2.34. The Hall–Kier alpha value is -0.730. The standard InChI is InChI=1S/C14H20ClNO/c1-3-7-14(8-4-9-16-14)11-5-6-12(15)13(10-11)17-2/h5-6,10,16H,3-4,7-9H2,1-2H3. The molecule has 1 heterocycles. The van der Waals surface area contributed by atoms with Gasteiger partial charge in [-0.1, -0.05) is 31.0 Å². The van der Waals surface area contributed by atoms with E-state index in [2.05, 4.69) is 24.4 Å². The molecular weight excluding hydrogens is 234 g/mol. The molecule has 0 radical (unpaired) electrons. The molecule has 2 rings (SSSR count). The van der Waals surface area contributed by atoms with Gasteiger partial charge in [-0.05, 0) is 43.5 Å². The van der Waals surface area contributed by atoms with Gasteiger partial charge < -0.3 is 10.1 Å². The Labute approximate surface area is 108 Å². The van der Waals surface area contributed by atoms with Crippen LogP contribution in [-0.2, 0) is 5.54 Å². The van der Waals surface area contributed by atoms with Gasteiger partial charge in [0.05, 0.1) is 12.1 Å². The summed E-state index contributed by atoms with van der Waals surface area (Å²) in [7, 11) is 1.67. The molecule has 0 spiro atoms. The third kappa shape index (κ3) is 2.43. The lowest BCUT2D eigenvalue weighted by molar-refractivity contribution is 0.352. The fourth-order valence-electron chi connectivity index (χ4n) is 2.79. The Morgan fingerprint density at radius 3 is 2.88 bits per heavy atom. The van der Waals surface area contributed by atoms with E-state index in [1.165, 1.54) is 24.8 Å². The van der Waals surface area contributed by atoms with E-state index < -0.39 is 0 Å². The lowest BCUT2D eigenvalue weighted by Crippen LogP contribution is -2.36. The number of nitrogens with one attached hydrogen (secondary N) is 1. The molecule has 1 N–H and O–H groups in total. The average molecular weight is 254 g/mol. The molecule has 1 aromatic rings. The normalized spacial score (nSPS) is 23.9. The zero-order valence-corrected chi connectivity index (χ0v) is 11.3. The molecule has 1 aliphatic heterocycles. The summed E-state index contributed by atoms with van der Waals surface area (Å²) in [5.41, 5.74) is 1.44. The maximum Gasteiger partial charge on any atom is 0.137 e. The Morgan fingerprint density at radius 2 is 2.29 bits per heavy atom. The van der Waals surface area contributed by atoms with Crippen LogP contribution in [0.25, 0.3) is 0 Å². The second-order valence-corrected chi connectivity index (χ2v) is 5.12. The van der Waals surface area contributed by atoms with Crippen molar-refractivity contribution in [3.63, 3.8) is 0 Å². The fraction of sp³-hybridized carbons (Fsp3) is 0.571. The highest BCUT2D eigenvalue weighted by Crippen LogP contribution is 2.38. The predicted octanol–water partition coefficient (Wildman–Crippen LogP) is 3.73. The van der Waals surface area contributed by atoms with Crippen molar-refractivity contribution < 1.29 is 4.74 Å². The predicted molar refractivity (Wildman–Crippen MR) is 71.8 cm³/mol. The number of halogens is 1. The first kappa shape index (κ1) is 12.7. The summed E-state index contributed by atoms with van der Waals surface area (Å²) in [5, 5.41) is 4.34. The number of benzene rings is 1. The van der Waals surface area contributed by atoms with Gasteiger partial charge in [0.15, 0.2) is 0 Å². The fourth-order valence-corrected chi connectivity index (χ4v) is 2.99. The minimum atomic E-state index is 0.132. The molecule has 0 saturated carbocycles. The van der Waals surface area contributed by atoms with Gasteiger partial charge in [0.2, 0.25) is 0 Å². The molecule has 3 heteroatoms. The first-order valence-corrected chi connectivity index (χ1v) is 6.69. The molecule has 0 aliphatic carbocycles. The van der Waals surface area contributed by atoms with E-state index in [0.29, 0.717) is 5.02 Å². The van der Waals surface area contributed by atoms with Crippen molar-refractivity contribution in [2.75, 3.05) is 13.7 Å². The van der Waals surface area contributed by atoms with Crippen molar-refractivity contribution in [1.82, 2.24) is 5.32 Å². The molecule has 0 amide bonds. The highest BCUT2D eigenvalue weighted by atomic mass is 35.5. The first-order chi connectivity index (χ1) is 8.22. The molecular formula is C14H20ClNO. The second-order valence-electron chi connectivity index (χ2n) is 4.71. The van der Waals surface area contributed by atoms with Gasteiger partial charge in [-0.25, -0.2) is 0 Å². The molecule has 1 fully saturated rings. The van der Waals surface area contributed by atoms with E-state index in [1.54, 1.807) is 7.11 Å². The summed E-state index contributed by atoms with van der Waals surface area (Å²) >= 11 is 6.08. The van der Waals surface area contributed by atoms with Crippen LogP contribution in [0.1, 0.15) is 38.2 Å². The zero-order chi connectivity index (χ0) is 12.3. The van der Waals surface area contributed by atoms with Crippen LogP contribution in [0.5, 0.6) is 5.75 Å². The summed E-state index contributed by atoms with van der Waals surface area (Å²) in [4.78, 5) is 0. The SMILES string of the molecule is CCCC1(c2ccc(Cl)c(OC)c2)CCCN1. The lowest BCUT2D eigenvalue weighted by Gasteiger charge is -2.30. The molecule has 1 atom stereocenters. The summed E-state index contributed by atoms with van der Waals surface area (Å²) in [6.07, 6.45) is 4.78. The van der Waals surface area contributed by atoms with Crippen molar-refractivity contribution in [2.24, 2.45) is 0 Å². The van der Waals surface area contributed by atoms with E-state index in [-0.39, 0.29) is 5.54 Å². The monoisotopic (exact) mass is 253 g/mol. The molecule has 1 aromatic carbocycles. The van der Waals surface area contributed by atoms with Crippen LogP contribution in [0, 0.1) is 0 Å². The summed E-state index contributed by atoms with van der Waals surface area (Å²) in [5.74, 6) is 0.772. The van der Waals surface area contributed by atoms with Crippen molar-refractivity contribution in [1.29, 1.82) is 0 Å². The molecule has 1 unspecified atom stereocenters. The lowest BCUT2D eigenvalue weighted by atomic mass is 9.84. The Bertz CT molecular complexity index is 386. The number of ether oxygens (including phenoxy) is 1. The van der Waals surface area contributed by atoms with Crippen molar-refractivity contribution >= 4 is 11.6 Å². The molecule has 1 saturated heterocycles. The summed E-state index contributed by atoms with van der Waals surface area (Å²) in [6, 6.07) is 6.14. The molecule has 0 aromatic heterocycles. The van der Waals surface area contributed by atoms with Crippen LogP contribution in [0.4, 0.5) is 0 Å². The third-order valence-electron chi connectivity index (χ3n) is 3.62. The maximum absolute atomic E-state index is 6.08. The van der Waals surface area contributed by atoms with Crippen LogP contribution >= 0.6 is 11.6 Å². The Morgan fingerprint density at radius 1 is 1.47 bits per heavy atom. The molecule has 0 bridgehead atoms. The van der Waals surface area contributed by atoms with Crippen LogP contribution in [0.3, 0.4) is 0 Å². The van der Waals surface area contributed by atoms with Crippen LogP contribution in [-0.4, -0.2) is 13.7 Å². The number of hydrogen-bond acceptors (Lipinski definition) is 2. The average Bonchev–Trinajstić information content (AvgIpc) is 2.80. The topological polar surface area (TPSA) is 21.3 Å². The summed E-state index contributed by atoms with van der Waals surface area (Å²) < 4.78 is 5.31. The quantitative estimate of drug-likeness (QED) is 0.883. The number of methoxy groups -OCH3 is 1. The molecule has 2 nitrogen and oxygen atoms in total. The minimum Gasteiger partial charge on any atom is -0.495 e. The number of rotatable bonds is 4. The largest absolute Gasteiger partial charge is 0.495 e. The van der Waals surface area contributed by atoms with Gasteiger partial charge in [0, 0.05) is 5.54 Å². The minimum absolute atomic E-state index is 0.132. The van der Waals surface area contributed by atoms with Gasteiger partial charge in [0.1, 0.15) is 5.75 Å². The second kappa shape index (κ2) is 5.28. The van der Waals surface area contributed by atoms with Crippen LogP contribution in [0.15, 0.2) is 18.2 Å². The molecule has 17 heavy (non-hydrogen) atoms. The number of hydrogen-bond donors (Lipinski definition) is 1. The first-order valence-electron chi connectivity index (χ1n) is 6.31. The van der Waals surface area contributed by atoms with Gasteiger partial charge in [-0.2, -0.15) is 0 Å². The molecule has 94 valence electrons. The Balaban J connectivity index is 2.36. The van der Waals surface area contributed by atoms with Crippen molar-refractivity contribution in [3.05, 3.63) is 28.8 Å². The van der Waals surface area contributed by atoms with E-state index in [1.807, 2.05) is 6.07 Å². The van der Waals surface area contributed by atoms with Crippen molar-refractivity contribution in [3.8, 4) is 5.75 Å². The van der Waals surface area contributed by atoms with Gasteiger partial charge in [0.25, 0.3) is 0 Å². The highest BCUT2D eigenvalue weighted by molar-refractivity contribution is 6.32. The smallest absolute Gasteiger partial charge is 0.137 e. The van der Waals surface area contributed by atoms with Gasteiger partial charge in [-0.15, -0.1) is 0 Å².